The second kappa shape index (κ2) is 8.18. The lowest BCUT2D eigenvalue weighted by molar-refractivity contribution is -0.110. The van der Waals surface area contributed by atoms with E-state index < -0.39 is 0 Å². The van der Waals surface area contributed by atoms with Gasteiger partial charge in [0.15, 0.2) is 11.5 Å². The van der Waals surface area contributed by atoms with Gasteiger partial charge in [0.1, 0.15) is 0 Å². The molecule has 0 saturated carbocycles. The summed E-state index contributed by atoms with van der Waals surface area (Å²) in [6.07, 6.45) is 6.19. The van der Waals surface area contributed by atoms with Crippen LogP contribution in [0, 0.1) is 11.3 Å². The van der Waals surface area contributed by atoms with Gasteiger partial charge in [-0.05, 0) is 75.1 Å². The van der Waals surface area contributed by atoms with Crippen LogP contribution in [0.2, 0.25) is 0 Å². The number of benzene rings is 1. The molecule has 0 amide bonds. The summed E-state index contributed by atoms with van der Waals surface area (Å²) in [6.45, 7) is 12.3. The van der Waals surface area contributed by atoms with Crippen LogP contribution in [-0.4, -0.2) is 25.5 Å². The standard InChI is InChI=1S/C22H35NO3/c1-17(2)7-8-22(10-12-26-21(3,4)15-22)9-11-23-14-18-5-6-19-20(13-18)25-16-24-19/h5-6,13,17,23H,7-12,14-16H2,1-4H3/t22-/m1/s1. The molecule has 146 valence electrons. The summed E-state index contributed by atoms with van der Waals surface area (Å²) < 4.78 is 16.9. The molecule has 0 radical (unpaired) electrons. The minimum atomic E-state index is 0.00650. The minimum Gasteiger partial charge on any atom is -0.454 e. The monoisotopic (exact) mass is 361 g/mol. The molecule has 0 aliphatic carbocycles. The van der Waals surface area contributed by atoms with Crippen molar-refractivity contribution in [2.75, 3.05) is 19.9 Å². The van der Waals surface area contributed by atoms with Crippen molar-refractivity contribution in [3.63, 3.8) is 0 Å². The maximum Gasteiger partial charge on any atom is 0.231 e. The molecule has 2 heterocycles. The van der Waals surface area contributed by atoms with Gasteiger partial charge in [-0.25, -0.2) is 0 Å². The third-order valence-corrected chi connectivity index (χ3v) is 5.78. The van der Waals surface area contributed by atoms with Crippen LogP contribution in [0.3, 0.4) is 0 Å². The van der Waals surface area contributed by atoms with Crippen LogP contribution in [0.15, 0.2) is 18.2 Å². The summed E-state index contributed by atoms with van der Waals surface area (Å²) >= 11 is 0. The quantitative estimate of drug-likeness (QED) is 0.668. The van der Waals surface area contributed by atoms with Gasteiger partial charge in [0, 0.05) is 13.2 Å². The predicted molar refractivity (Wildman–Crippen MR) is 105 cm³/mol. The topological polar surface area (TPSA) is 39.7 Å². The molecule has 0 aromatic heterocycles. The molecular weight excluding hydrogens is 326 g/mol. The number of ether oxygens (including phenoxy) is 3. The summed E-state index contributed by atoms with van der Waals surface area (Å²) in [6, 6.07) is 6.21. The first-order chi connectivity index (χ1) is 12.4. The first kappa shape index (κ1) is 19.5. The van der Waals surface area contributed by atoms with Crippen LogP contribution >= 0.6 is 0 Å². The zero-order chi connectivity index (χ0) is 18.6. The van der Waals surface area contributed by atoms with E-state index in [4.69, 9.17) is 14.2 Å². The van der Waals surface area contributed by atoms with E-state index in [-0.39, 0.29) is 5.60 Å². The van der Waals surface area contributed by atoms with E-state index in [9.17, 15) is 0 Å². The van der Waals surface area contributed by atoms with Crippen molar-refractivity contribution in [1.29, 1.82) is 0 Å². The Labute approximate surface area is 158 Å². The molecule has 4 heteroatoms. The van der Waals surface area contributed by atoms with Gasteiger partial charge in [0.2, 0.25) is 6.79 Å². The fourth-order valence-electron chi connectivity index (χ4n) is 4.37. The van der Waals surface area contributed by atoms with Crippen molar-refractivity contribution in [1.82, 2.24) is 5.32 Å². The van der Waals surface area contributed by atoms with Crippen LogP contribution in [0.25, 0.3) is 0 Å². The number of hydrogen-bond donors (Lipinski definition) is 1. The summed E-state index contributed by atoms with van der Waals surface area (Å²) in [7, 11) is 0. The zero-order valence-electron chi connectivity index (χ0n) is 16.9. The fraction of sp³-hybridized carbons (Fsp3) is 0.727. The van der Waals surface area contributed by atoms with Crippen LogP contribution in [0.4, 0.5) is 0 Å². The largest absolute Gasteiger partial charge is 0.454 e. The number of rotatable bonds is 8. The lowest BCUT2D eigenvalue weighted by Gasteiger charge is -2.45. The second-order valence-electron chi connectivity index (χ2n) is 9.08. The number of fused-ring (bicyclic) bond motifs is 1. The van der Waals surface area contributed by atoms with Gasteiger partial charge >= 0.3 is 0 Å². The molecule has 1 aromatic carbocycles. The van der Waals surface area contributed by atoms with E-state index in [1.54, 1.807) is 0 Å². The maximum absolute atomic E-state index is 6.00. The molecule has 0 spiro atoms. The molecule has 2 aliphatic heterocycles. The van der Waals surface area contributed by atoms with Gasteiger partial charge < -0.3 is 19.5 Å². The average Bonchev–Trinajstić information content (AvgIpc) is 3.04. The first-order valence-electron chi connectivity index (χ1n) is 10.1. The normalized spacial score (nSPS) is 24.2. The first-order valence-corrected chi connectivity index (χ1v) is 10.1. The third kappa shape index (κ3) is 5.14. The van der Waals surface area contributed by atoms with Crippen molar-refractivity contribution in [2.45, 2.75) is 71.9 Å². The number of hydrogen-bond acceptors (Lipinski definition) is 4. The van der Waals surface area contributed by atoms with Gasteiger partial charge in [-0.1, -0.05) is 26.3 Å². The lowest BCUT2D eigenvalue weighted by atomic mass is 9.68. The smallest absolute Gasteiger partial charge is 0.231 e. The SMILES string of the molecule is CC(C)CC[C@@]1(CCNCc2ccc3c(c2)OCO3)CCOC(C)(C)C1. The highest BCUT2D eigenvalue weighted by molar-refractivity contribution is 5.44. The molecule has 0 bridgehead atoms. The molecule has 26 heavy (non-hydrogen) atoms. The van der Waals surface area contributed by atoms with Crippen molar-refractivity contribution in [2.24, 2.45) is 11.3 Å². The highest BCUT2D eigenvalue weighted by Gasteiger charge is 2.40. The Bertz CT molecular complexity index is 599. The Balaban J connectivity index is 1.52. The molecule has 1 fully saturated rings. The van der Waals surface area contributed by atoms with Crippen molar-refractivity contribution in [3.05, 3.63) is 23.8 Å². The molecular formula is C22H35NO3. The molecule has 1 saturated heterocycles. The maximum atomic E-state index is 6.00. The van der Waals surface area contributed by atoms with Gasteiger partial charge in [0.05, 0.1) is 5.60 Å². The Morgan fingerprint density at radius 2 is 1.92 bits per heavy atom. The lowest BCUT2D eigenvalue weighted by Crippen LogP contribution is -2.42. The van der Waals surface area contributed by atoms with Gasteiger partial charge in [-0.2, -0.15) is 0 Å². The van der Waals surface area contributed by atoms with E-state index in [2.05, 4.69) is 45.1 Å². The Hall–Kier alpha value is -1.26. The van der Waals surface area contributed by atoms with Crippen LogP contribution < -0.4 is 14.8 Å². The van der Waals surface area contributed by atoms with Crippen LogP contribution in [-0.2, 0) is 11.3 Å². The van der Waals surface area contributed by atoms with Crippen LogP contribution in [0.1, 0.15) is 65.4 Å². The van der Waals surface area contributed by atoms with Crippen molar-refractivity contribution >= 4 is 0 Å². The molecule has 1 atom stereocenters. The molecule has 2 aliphatic rings. The van der Waals surface area contributed by atoms with Gasteiger partial charge in [0.25, 0.3) is 0 Å². The van der Waals surface area contributed by atoms with E-state index >= 15 is 0 Å². The predicted octanol–water partition coefficient (Wildman–Crippen LogP) is 4.91. The Morgan fingerprint density at radius 1 is 1.12 bits per heavy atom. The van der Waals surface area contributed by atoms with Crippen molar-refractivity contribution < 1.29 is 14.2 Å². The summed E-state index contributed by atoms with van der Waals surface area (Å²) in [5, 5.41) is 3.64. The zero-order valence-corrected chi connectivity index (χ0v) is 16.9. The van der Waals surface area contributed by atoms with Crippen molar-refractivity contribution in [3.8, 4) is 11.5 Å². The molecule has 1 N–H and O–H groups in total. The third-order valence-electron chi connectivity index (χ3n) is 5.78. The highest BCUT2D eigenvalue weighted by atomic mass is 16.7. The second-order valence-corrected chi connectivity index (χ2v) is 9.08. The fourth-order valence-corrected chi connectivity index (χ4v) is 4.37. The highest BCUT2D eigenvalue weighted by Crippen LogP contribution is 2.45. The molecule has 0 unspecified atom stereocenters. The van der Waals surface area contributed by atoms with E-state index in [0.717, 1.165) is 37.1 Å². The van der Waals surface area contributed by atoms with E-state index in [1.807, 2.05) is 6.07 Å². The molecule has 4 nitrogen and oxygen atoms in total. The molecule has 3 rings (SSSR count). The van der Waals surface area contributed by atoms with Gasteiger partial charge in [-0.3, -0.25) is 0 Å². The van der Waals surface area contributed by atoms with E-state index in [1.165, 1.54) is 37.7 Å². The number of nitrogens with one attached hydrogen (secondary N) is 1. The van der Waals surface area contributed by atoms with Gasteiger partial charge in [-0.15, -0.1) is 0 Å². The van der Waals surface area contributed by atoms with Crippen LogP contribution in [0.5, 0.6) is 11.5 Å². The Kier molecular flexibility index (Phi) is 6.13. The van der Waals surface area contributed by atoms with E-state index in [0.29, 0.717) is 12.2 Å². The average molecular weight is 362 g/mol. The summed E-state index contributed by atoms with van der Waals surface area (Å²) in [5.74, 6) is 2.48. The minimum absolute atomic E-state index is 0.00650. The Morgan fingerprint density at radius 3 is 2.69 bits per heavy atom. The molecule has 1 aromatic rings. The summed E-state index contributed by atoms with van der Waals surface area (Å²) in [5.41, 5.74) is 1.67. The summed E-state index contributed by atoms with van der Waals surface area (Å²) in [4.78, 5) is 0.